The molecule has 2 aliphatic rings. The summed E-state index contributed by atoms with van der Waals surface area (Å²) in [7, 11) is 1.64. The molecule has 9 nitrogen and oxygen atoms in total. The van der Waals surface area contributed by atoms with Crippen LogP contribution in [0.5, 0.6) is 11.5 Å². The van der Waals surface area contributed by atoms with Crippen molar-refractivity contribution in [1.82, 2.24) is 10.6 Å². The van der Waals surface area contributed by atoms with Gasteiger partial charge in [-0.3, -0.25) is 14.9 Å². The van der Waals surface area contributed by atoms with E-state index in [1.807, 2.05) is 0 Å². The van der Waals surface area contributed by atoms with Crippen LogP contribution >= 0.6 is 12.4 Å². The summed E-state index contributed by atoms with van der Waals surface area (Å²) < 4.78 is 16.1. The molecule has 10 heteroatoms. The Kier molecular flexibility index (Phi) is 7.23. The molecule has 2 heterocycles. The van der Waals surface area contributed by atoms with Crippen LogP contribution in [0.15, 0.2) is 12.1 Å². The van der Waals surface area contributed by atoms with Gasteiger partial charge in [-0.25, -0.2) is 0 Å². The average Bonchev–Trinajstić information content (AvgIpc) is 2.66. The smallest absolute Gasteiger partial charge is 0.286 e. The zero-order chi connectivity index (χ0) is 18.6. The van der Waals surface area contributed by atoms with Crippen molar-refractivity contribution in [2.45, 2.75) is 12.8 Å². The summed E-state index contributed by atoms with van der Waals surface area (Å²) in [6.45, 7) is 3.29. The van der Waals surface area contributed by atoms with Crippen molar-refractivity contribution in [1.29, 1.82) is 0 Å². The van der Waals surface area contributed by atoms with E-state index in [1.54, 1.807) is 7.11 Å². The number of nitrogens with one attached hydrogen (secondary N) is 2. The molecule has 0 unspecified atom stereocenters. The Hall–Kier alpha value is -2.10. The van der Waals surface area contributed by atoms with Crippen LogP contribution in [0.3, 0.4) is 0 Å². The monoisotopic (exact) mass is 401 g/mol. The largest absolute Gasteiger partial charge is 0.486 e. The highest BCUT2D eigenvalue weighted by atomic mass is 35.5. The Morgan fingerprint density at radius 2 is 1.93 bits per heavy atom. The maximum atomic E-state index is 12.7. The number of benzene rings is 1. The first-order valence-electron chi connectivity index (χ1n) is 8.60. The van der Waals surface area contributed by atoms with Gasteiger partial charge in [-0.15, -0.1) is 12.4 Å². The molecule has 0 aliphatic carbocycles. The number of hydrogen-bond acceptors (Lipinski definition) is 7. The lowest BCUT2D eigenvalue weighted by Gasteiger charge is -2.37. The van der Waals surface area contributed by atoms with Crippen molar-refractivity contribution in [2.24, 2.45) is 5.41 Å². The molecule has 0 radical (unpaired) electrons. The third kappa shape index (κ3) is 4.79. The number of rotatable bonds is 6. The summed E-state index contributed by atoms with van der Waals surface area (Å²) in [6.07, 6.45) is 1.73. The lowest BCUT2D eigenvalue weighted by atomic mass is 9.79. The van der Waals surface area contributed by atoms with Gasteiger partial charge in [0.2, 0.25) is 0 Å². The SMILES string of the molecule is COCC1(CNC(=O)c2cc3c(cc2[N+](=O)[O-])OCCO3)CCNCC1.Cl. The minimum atomic E-state index is -0.581. The van der Waals surface area contributed by atoms with Crippen molar-refractivity contribution < 1.29 is 23.9 Å². The fourth-order valence-corrected chi connectivity index (χ4v) is 3.41. The van der Waals surface area contributed by atoms with E-state index in [0.29, 0.717) is 32.1 Å². The van der Waals surface area contributed by atoms with Gasteiger partial charge in [-0.2, -0.15) is 0 Å². The predicted molar refractivity (Wildman–Crippen MR) is 100 cm³/mol. The lowest BCUT2D eigenvalue weighted by molar-refractivity contribution is -0.385. The first-order valence-corrected chi connectivity index (χ1v) is 8.60. The van der Waals surface area contributed by atoms with E-state index in [0.717, 1.165) is 25.9 Å². The number of piperidine rings is 1. The second-order valence-electron chi connectivity index (χ2n) is 6.64. The number of hydrogen-bond donors (Lipinski definition) is 2. The van der Waals surface area contributed by atoms with E-state index in [9.17, 15) is 14.9 Å². The molecule has 2 N–H and O–H groups in total. The molecule has 1 aromatic carbocycles. The summed E-state index contributed by atoms with van der Waals surface area (Å²) in [6, 6.07) is 2.63. The van der Waals surface area contributed by atoms with Crippen LogP contribution in [0.25, 0.3) is 0 Å². The average molecular weight is 402 g/mol. The molecule has 1 fully saturated rings. The number of nitro groups is 1. The number of amides is 1. The number of fused-ring (bicyclic) bond motifs is 1. The third-order valence-electron chi connectivity index (χ3n) is 4.84. The number of nitro benzene ring substituents is 1. The predicted octanol–water partition coefficient (Wildman–Crippen LogP) is 1.53. The van der Waals surface area contributed by atoms with Crippen LogP contribution in [-0.2, 0) is 4.74 Å². The molecule has 0 saturated carbocycles. The molecule has 0 atom stereocenters. The zero-order valence-corrected chi connectivity index (χ0v) is 15.9. The van der Waals surface area contributed by atoms with E-state index >= 15 is 0 Å². The topological polar surface area (TPSA) is 112 Å². The van der Waals surface area contributed by atoms with Crippen molar-refractivity contribution in [3.63, 3.8) is 0 Å². The van der Waals surface area contributed by atoms with Gasteiger partial charge in [0.25, 0.3) is 11.6 Å². The number of halogens is 1. The minimum Gasteiger partial charge on any atom is -0.486 e. The van der Waals surface area contributed by atoms with E-state index in [1.165, 1.54) is 12.1 Å². The maximum Gasteiger partial charge on any atom is 0.286 e. The summed E-state index contributed by atoms with van der Waals surface area (Å²) in [4.78, 5) is 23.5. The normalized spacial score (nSPS) is 17.5. The van der Waals surface area contributed by atoms with Gasteiger partial charge in [0.05, 0.1) is 17.6 Å². The van der Waals surface area contributed by atoms with Gasteiger partial charge in [-0.05, 0) is 25.9 Å². The van der Waals surface area contributed by atoms with E-state index in [2.05, 4.69) is 10.6 Å². The molecule has 150 valence electrons. The highest BCUT2D eigenvalue weighted by Crippen LogP contribution is 2.37. The van der Waals surface area contributed by atoms with E-state index in [-0.39, 0.29) is 34.8 Å². The highest BCUT2D eigenvalue weighted by molar-refractivity contribution is 5.99. The van der Waals surface area contributed by atoms with Gasteiger partial charge in [0.1, 0.15) is 18.8 Å². The molecule has 0 aromatic heterocycles. The second kappa shape index (κ2) is 9.20. The van der Waals surface area contributed by atoms with Gasteiger partial charge < -0.3 is 24.8 Å². The van der Waals surface area contributed by atoms with Crippen molar-refractivity contribution in [3.05, 3.63) is 27.8 Å². The Balaban J connectivity index is 0.00000261. The minimum absolute atomic E-state index is 0. The Bertz CT molecular complexity index is 688. The number of methoxy groups -OCH3 is 1. The molecule has 1 amide bonds. The van der Waals surface area contributed by atoms with Crippen LogP contribution in [-0.4, -0.2) is 57.4 Å². The van der Waals surface area contributed by atoms with Crippen molar-refractivity contribution in [2.75, 3.05) is 46.6 Å². The highest BCUT2D eigenvalue weighted by Gasteiger charge is 2.34. The summed E-state index contributed by atoms with van der Waals surface area (Å²) in [5.74, 6) is 0.136. The van der Waals surface area contributed by atoms with Crippen molar-refractivity contribution >= 4 is 24.0 Å². The van der Waals surface area contributed by atoms with E-state index < -0.39 is 10.8 Å². The summed E-state index contributed by atoms with van der Waals surface area (Å²) in [5, 5.41) is 17.5. The van der Waals surface area contributed by atoms with Gasteiger partial charge in [-0.1, -0.05) is 0 Å². The van der Waals surface area contributed by atoms with Gasteiger partial charge >= 0.3 is 0 Å². The van der Waals surface area contributed by atoms with Crippen LogP contribution in [0.4, 0.5) is 5.69 Å². The van der Waals surface area contributed by atoms with Crippen LogP contribution in [0, 0.1) is 15.5 Å². The number of ether oxygens (including phenoxy) is 3. The maximum absolute atomic E-state index is 12.7. The quantitative estimate of drug-likeness (QED) is 0.549. The third-order valence-corrected chi connectivity index (χ3v) is 4.84. The zero-order valence-electron chi connectivity index (χ0n) is 15.1. The molecule has 2 aliphatic heterocycles. The van der Waals surface area contributed by atoms with Gasteiger partial charge in [0, 0.05) is 25.1 Å². The second-order valence-corrected chi connectivity index (χ2v) is 6.64. The fourth-order valence-electron chi connectivity index (χ4n) is 3.41. The Morgan fingerprint density at radius 1 is 1.30 bits per heavy atom. The molecule has 0 spiro atoms. The number of carbonyl (C=O) groups excluding carboxylic acids is 1. The molecular formula is C17H24ClN3O6. The van der Waals surface area contributed by atoms with Crippen LogP contribution in [0.1, 0.15) is 23.2 Å². The summed E-state index contributed by atoms with van der Waals surface area (Å²) >= 11 is 0. The molecular weight excluding hydrogens is 378 g/mol. The first kappa shape index (κ1) is 21.2. The molecule has 1 aromatic rings. The number of nitrogens with zero attached hydrogens (tertiary/aromatic N) is 1. The molecule has 27 heavy (non-hydrogen) atoms. The lowest BCUT2D eigenvalue weighted by Crippen LogP contribution is -2.47. The standard InChI is InChI=1S/C17H23N3O6.ClH/c1-24-11-17(2-4-18-5-3-17)10-19-16(21)12-8-14-15(26-7-6-25-14)9-13(12)20(22)23;/h8-9,18H,2-7,10-11H2,1H3,(H,19,21);1H. The number of carbonyl (C=O) groups is 1. The van der Waals surface area contributed by atoms with Crippen LogP contribution < -0.4 is 20.1 Å². The Labute approximate surface area is 163 Å². The molecule has 0 bridgehead atoms. The van der Waals surface area contributed by atoms with Crippen molar-refractivity contribution in [3.8, 4) is 11.5 Å². The van der Waals surface area contributed by atoms with Gasteiger partial charge in [0.15, 0.2) is 11.5 Å². The first-order chi connectivity index (χ1) is 12.5. The van der Waals surface area contributed by atoms with Crippen LogP contribution in [0.2, 0.25) is 0 Å². The summed E-state index contributed by atoms with van der Waals surface area (Å²) in [5.41, 5.74) is -0.489. The molecule has 1 saturated heterocycles. The van der Waals surface area contributed by atoms with E-state index in [4.69, 9.17) is 14.2 Å². The molecule has 3 rings (SSSR count). The fraction of sp³-hybridized carbons (Fsp3) is 0.588. The Morgan fingerprint density at radius 3 is 2.52 bits per heavy atom.